The molecule has 4 nitrogen and oxygen atoms in total. The molecule has 15 heavy (non-hydrogen) atoms. The number of aromatic nitrogens is 2. The van der Waals surface area contributed by atoms with Gasteiger partial charge < -0.3 is 15.4 Å². The summed E-state index contributed by atoms with van der Waals surface area (Å²) in [6, 6.07) is 6.03. The molecule has 1 atom stereocenters. The Labute approximate surface area is 88.3 Å². The molecule has 0 saturated carbocycles. The summed E-state index contributed by atoms with van der Waals surface area (Å²) in [6.07, 6.45) is 1.68. The average Bonchev–Trinajstić information content (AvgIpc) is 2.72. The SMILES string of the molecule is CNCC(CO)c1ccc2nc[nH]c2c1. The van der Waals surface area contributed by atoms with Crippen molar-refractivity contribution in [3.63, 3.8) is 0 Å². The molecule has 0 saturated heterocycles. The molecule has 0 bridgehead atoms. The Morgan fingerprint density at radius 3 is 3.13 bits per heavy atom. The molecular weight excluding hydrogens is 190 g/mol. The minimum atomic E-state index is 0.141. The van der Waals surface area contributed by atoms with Gasteiger partial charge in [0.05, 0.1) is 24.0 Å². The van der Waals surface area contributed by atoms with Gasteiger partial charge in [-0.05, 0) is 24.7 Å². The van der Waals surface area contributed by atoms with E-state index in [1.807, 2.05) is 25.2 Å². The van der Waals surface area contributed by atoms with Crippen LogP contribution in [0.1, 0.15) is 11.5 Å². The van der Waals surface area contributed by atoms with Crippen molar-refractivity contribution in [2.75, 3.05) is 20.2 Å². The number of hydrogen-bond acceptors (Lipinski definition) is 3. The van der Waals surface area contributed by atoms with Gasteiger partial charge in [0.1, 0.15) is 0 Å². The van der Waals surface area contributed by atoms with Crippen LogP contribution in [0.3, 0.4) is 0 Å². The monoisotopic (exact) mass is 205 g/mol. The van der Waals surface area contributed by atoms with Gasteiger partial charge >= 0.3 is 0 Å². The molecule has 2 rings (SSSR count). The fraction of sp³-hybridized carbons (Fsp3) is 0.364. The van der Waals surface area contributed by atoms with Crippen LogP contribution in [0.2, 0.25) is 0 Å². The zero-order valence-corrected chi connectivity index (χ0v) is 8.70. The van der Waals surface area contributed by atoms with Crippen molar-refractivity contribution in [2.24, 2.45) is 0 Å². The first-order chi connectivity index (χ1) is 7.35. The van der Waals surface area contributed by atoms with Gasteiger partial charge in [0.25, 0.3) is 0 Å². The molecule has 1 aromatic heterocycles. The van der Waals surface area contributed by atoms with E-state index in [0.717, 1.165) is 23.1 Å². The van der Waals surface area contributed by atoms with Gasteiger partial charge in [0, 0.05) is 12.5 Å². The Balaban J connectivity index is 2.33. The Kier molecular flexibility index (Phi) is 2.99. The highest BCUT2D eigenvalue weighted by molar-refractivity contribution is 5.75. The molecule has 2 aromatic rings. The molecule has 0 amide bonds. The van der Waals surface area contributed by atoms with Gasteiger partial charge in [-0.3, -0.25) is 0 Å². The maximum atomic E-state index is 9.27. The van der Waals surface area contributed by atoms with Crippen LogP contribution in [0.4, 0.5) is 0 Å². The number of likely N-dealkylation sites (N-methyl/N-ethyl adjacent to an activating group) is 1. The smallest absolute Gasteiger partial charge is 0.0931 e. The minimum absolute atomic E-state index is 0.141. The standard InChI is InChI=1S/C11H15N3O/c1-12-5-9(6-15)8-2-3-10-11(4-8)14-7-13-10/h2-4,7,9,12,15H,5-6H2,1H3,(H,13,14). The third-order valence-electron chi connectivity index (χ3n) is 2.59. The molecule has 0 spiro atoms. The predicted octanol–water partition coefficient (Wildman–Crippen LogP) is 0.858. The van der Waals surface area contributed by atoms with E-state index in [2.05, 4.69) is 15.3 Å². The van der Waals surface area contributed by atoms with Crippen LogP contribution in [-0.2, 0) is 0 Å². The summed E-state index contributed by atoms with van der Waals surface area (Å²) < 4.78 is 0. The number of nitrogens with one attached hydrogen (secondary N) is 2. The Morgan fingerprint density at radius 1 is 1.53 bits per heavy atom. The van der Waals surface area contributed by atoms with Crippen LogP contribution >= 0.6 is 0 Å². The van der Waals surface area contributed by atoms with E-state index < -0.39 is 0 Å². The Hall–Kier alpha value is -1.39. The predicted molar refractivity (Wildman–Crippen MR) is 59.8 cm³/mol. The second-order valence-electron chi connectivity index (χ2n) is 3.62. The fourth-order valence-electron chi connectivity index (χ4n) is 1.74. The van der Waals surface area contributed by atoms with E-state index in [-0.39, 0.29) is 12.5 Å². The van der Waals surface area contributed by atoms with E-state index in [4.69, 9.17) is 0 Å². The number of aliphatic hydroxyl groups excluding tert-OH is 1. The van der Waals surface area contributed by atoms with Crippen LogP contribution < -0.4 is 5.32 Å². The molecule has 0 aliphatic carbocycles. The number of hydrogen-bond donors (Lipinski definition) is 3. The summed E-state index contributed by atoms with van der Waals surface area (Å²) in [7, 11) is 1.89. The molecular formula is C11H15N3O. The van der Waals surface area contributed by atoms with Crippen molar-refractivity contribution < 1.29 is 5.11 Å². The molecule has 3 N–H and O–H groups in total. The van der Waals surface area contributed by atoms with Gasteiger partial charge in [0.15, 0.2) is 0 Å². The highest BCUT2D eigenvalue weighted by Gasteiger charge is 2.10. The highest BCUT2D eigenvalue weighted by atomic mass is 16.3. The minimum Gasteiger partial charge on any atom is -0.396 e. The maximum Gasteiger partial charge on any atom is 0.0931 e. The van der Waals surface area contributed by atoms with E-state index in [1.54, 1.807) is 6.33 Å². The molecule has 0 aliphatic heterocycles. The summed E-state index contributed by atoms with van der Waals surface area (Å²) >= 11 is 0. The van der Waals surface area contributed by atoms with Crippen molar-refractivity contribution in [3.05, 3.63) is 30.1 Å². The van der Waals surface area contributed by atoms with Crippen LogP contribution in [0.15, 0.2) is 24.5 Å². The van der Waals surface area contributed by atoms with Crippen molar-refractivity contribution in [1.29, 1.82) is 0 Å². The van der Waals surface area contributed by atoms with Crippen molar-refractivity contribution >= 4 is 11.0 Å². The number of aliphatic hydroxyl groups is 1. The fourth-order valence-corrected chi connectivity index (χ4v) is 1.74. The third-order valence-corrected chi connectivity index (χ3v) is 2.59. The molecule has 1 heterocycles. The summed E-state index contributed by atoms with van der Waals surface area (Å²) in [5, 5.41) is 12.3. The molecule has 1 aromatic carbocycles. The third kappa shape index (κ3) is 2.00. The van der Waals surface area contributed by atoms with Gasteiger partial charge in [-0.15, -0.1) is 0 Å². The second-order valence-corrected chi connectivity index (χ2v) is 3.62. The summed E-state index contributed by atoms with van der Waals surface area (Å²) in [4.78, 5) is 7.23. The molecule has 80 valence electrons. The lowest BCUT2D eigenvalue weighted by Gasteiger charge is -2.13. The van der Waals surface area contributed by atoms with Crippen molar-refractivity contribution in [1.82, 2.24) is 15.3 Å². The van der Waals surface area contributed by atoms with Crippen molar-refractivity contribution in [2.45, 2.75) is 5.92 Å². The van der Waals surface area contributed by atoms with Gasteiger partial charge in [-0.25, -0.2) is 4.98 Å². The quantitative estimate of drug-likeness (QED) is 0.693. The first-order valence-corrected chi connectivity index (χ1v) is 5.03. The lowest BCUT2D eigenvalue weighted by atomic mass is 9.99. The molecule has 1 unspecified atom stereocenters. The number of rotatable bonds is 4. The highest BCUT2D eigenvalue weighted by Crippen LogP contribution is 2.18. The normalized spacial score (nSPS) is 13.2. The van der Waals surface area contributed by atoms with Crippen LogP contribution in [0.25, 0.3) is 11.0 Å². The first-order valence-electron chi connectivity index (χ1n) is 5.03. The summed E-state index contributed by atoms with van der Waals surface area (Å²) in [5.74, 6) is 0.141. The Bertz CT molecular complexity index is 438. The lowest BCUT2D eigenvalue weighted by molar-refractivity contribution is 0.263. The number of fused-ring (bicyclic) bond motifs is 1. The number of benzene rings is 1. The van der Waals surface area contributed by atoms with Crippen LogP contribution in [0, 0.1) is 0 Å². The number of nitrogens with zero attached hydrogens (tertiary/aromatic N) is 1. The lowest BCUT2D eigenvalue weighted by Crippen LogP contribution is -2.19. The molecule has 0 radical (unpaired) electrons. The molecule has 4 heteroatoms. The molecule has 0 fully saturated rings. The number of aromatic amines is 1. The topological polar surface area (TPSA) is 60.9 Å². The summed E-state index contributed by atoms with van der Waals surface area (Å²) in [5.41, 5.74) is 3.10. The zero-order chi connectivity index (χ0) is 10.7. The first kappa shape index (κ1) is 10.1. The van der Waals surface area contributed by atoms with E-state index >= 15 is 0 Å². The van der Waals surface area contributed by atoms with Crippen molar-refractivity contribution in [3.8, 4) is 0 Å². The number of imidazole rings is 1. The maximum absolute atomic E-state index is 9.27. The molecule has 0 aliphatic rings. The second kappa shape index (κ2) is 4.42. The largest absolute Gasteiger partial charge is 0.396 e. The zero-order valence-electron chi connectivity index (χ0n) is 8.70. The number of H-pyrrole nitrogens is 1. The van der Waals surface area contributed by atoms with Gasteiger partial charge in [-0.1, -0.05) is 6.07 Å². The van der Waals surface area contributed by atoms with Gasteiger partial charge in [0.2, 0.25) is 0 Å². The van der Waals surface area contributed by atoms with Crippen LogP contribution in [-0.4, -0.2) is 35.3 Å². The van der Waals surface area contributed by atoms with Crippen LogP contribution in [0.5, 0.6) is 0 Å². The van der Waals surface area contributed by atoms with E-state index in [1.165, 1.54) is 0 Å². The average molecular weight is 205 g/mol. The van der Waals surface area contributed by atoms with E-state index in [9.17, 15) is 5.11 Å². The summed E-state index contributed by atoms with van der Waals surface area (Å²) in [6.45, 7) is 0.927. The van der Waals surface area contributed by atoms with E-state index in [0.29, 0.717) is 0 Å². The Morgan fingerprint density at radius 2 is 2.40 bits per heavy atom. The van der Waals surface area contributed by atoms with Gasteiger partial charge in [-0.2, -0.15) is 0 Å².